The van der Waals surface area contributed by atoms with E-state index in [9.17, 15) is 10.1 Å². The second-order valence-corrected chi connectivity index (χ2v) is 4.94. The Bertz CT molecular complexity index is 749. The van der Waals surface area contributed by atoms with Gasteiger partial charge < -0.3 is 0 Å². The Morgan fingerprint density at radius 3 is 2.94 bits per heavy atom. The number of pyridine rings is 1. The van der Waals surface area contributed by atoms with Gasteiger partial charge in [0.1, 0.15) is 0 Å². The first-order valence-electron chi connectivity index (χ1n) is 5.08. The molecule has 17 heavy (non-hydrogen) atoms. The summed E-state index contributed by atoms with van der Waals surface area (Å²) in [5.41, 5.74) is 2.01. The van der Waals surface area contributed by atoms with E-state index < -0.39 is 0 Å². The van der Waals surface area contributed by atoms with Crippen LogP contribution in [0.2, 0.25) is 0 Å². The third-order valence-electron chi connectivity index (χ3n) is 2.76. The van der Waals surface area contributed by atoms with E-state index >= 15 is 0 Å². The van der Waals surface area contributed by atoms with Crippen LogP contribution in [0.4, 0.5) is 5.00 Å². The number of nitro groups is 1. The van der Waals surface area contributed by atoms with Gasteiger partial charge in [0.2, 0.25) is 0 Å². The molecule has 1 aromatic carbocycles. The van der Waals surface area contributed by atoms with Crippen LogP contribution in [0.5, 0.6) is 0 Å². The van der Waals surface area contributed by atoms with Gasteiger partial charge in [0.05, 0.1) is 10.4 Å². The molecule has 0 fully saturated rings. The van der Waals surface area contributed by atoms with Gasteiger partial charge in [-0.05, 0) is 30.7 Å². The minimum Gasteiger partial charge on any atom is -0.258 e. The second-order valence-electron chi connectivity index (χ2n) is 3.88. The fraction of sp³-hybridized carbons (Fsp3) is 0.0833. The van der Waals surface area contributed by atoms with Crippen molar-refractivity contribution in [1.82, 2.24) is 4.98 Å². The summed E-state index contributed by atoms with van der Waals surface area (Å²) in [4.78, 5) is 14.7. The van der Waals surface area contributed by atoms with Gasteiger partial charge in [0.25, 0.3) is 0 Å². The maximum absolute atomic E-state index is 10.7. The molecule has 0 aliphatic rings. The van der Waals surface area contributed by atoms with Crippen molar-refractivity contribution in [1.29, 1.82) is 0 Å². The van der Waals surface area contributed by atoms with Gasteiger partial charge in [-0.1, -0.05) is 11.3 Å². The van der Waals surface area contributed by atoms with Crippen LogP contribution in [-0.4, -0.2) is 9.91 Å². The number of rotatable bonds is 1. The van der Waals surface area contributed by atoms with Crippen molar-refractivity contribution in [3.63, 3.8) is 0 Å². The normalized spacial score (nSPS) is 11.1. The number of nitrogens with zero attached hydrogens (tertiary/aromatic N) is 2. The highest BCUT2D eigenvalue weighted by molar-refractivity contribution is 7.22. The summed E-state index contributed by atoms with van der Waals surface area (Å²) < 4.78 is 0.931. The lowest BCUT2D eigenvalue weighted by molar-refractivity contribution is -0.380. The molecule has 0 saturated heterocycles. The summed E-state index contributed by atoms with van der Waals surface area (Å²) in [6.45, 7) is 2.01. The van der Waals surface area contributed by atoms with Crippen molar-refractivity contribution in [2.75, 3.05) is 0 Å². The van der Waals surface area contributed by atoms with E-state index in [-0.39, 0.29) is 9.92 Å². The molecular formula is C12H8N2O2S. The molecule has 0 spiro atoms. The molecule has 3 rings (SSSR count). The predicted octanol–water partition coefficient (Wildman–Crippen LogP) is 3.67. The average Bonchev–Trinajstić information content (AvgIpc) is 2.70. The van der Waals surface area contributed by atoms with Crippen molar-refractivity contribution in [3.8, 4) is 0 Å². The predicted molar refractivity (Wildman–Crippen MR) is 68.5 cm³/mol. The lowest BCUT2D eigenvalue weighted by Crippen LogP contribution is -1.81. The molecular weight excluding hydrogens is 236 g/mol. The van der Waals surface area contributed by atoms with E-state index in [0.29, 0.717) is 0 Å². The lowest BCUT2D eigenvalue weighted by atomic mass is 10.1. The third kappa shape index (κ3) is 1.55. The summed E-state index contributed by atoms with van der Waals surface area (Å²) in [5.74, 6) is 0. The van der Waals surface area contributed by atoms with Gasteiger partial charge in [-0.3, -0.25) is 15.1 Å². The minimum atomic E-state index is -0.352. The first-order valence-corrected chi connectivity index (χ1v) is 5.90. The number of hydrogen-bond donors (Lipinski definition) is 0. The van der Waals surface area contributed by atoms with Crippen LogP contribution in [-0.2, 0) is 0 Å². The molecule has 0 saturated carbocycles. The van der Waals surface area contributed by atoms with Crippen LogP contribution in [0.25, 0.3) is 21.0 Å². The van der Waals surface area contributed by atoms with E-state index in [1.807, 2.05) is 25.1 Å². The SMILES string of the molecule is Cc1ccnc2cc3cc([N+](=O)[O-])sc3cc12. The minimum absolute atomic E-state index is 0.174. The lowest BCUT2D eigenvalue weighted by Gasteiger charge is -2.00. The fourth-order valence-corrected chi connectivity index (χ4v) is 2.79. The molecule has 2 heterocycles. The Kier molecular flexibility index (Phi) is 2.09. The second kappa shape index (κ2) is 3.49. The maximum Gasteiger partial charge on any atom is 0.325 e. The fourth-order valence-electron chi connectivity index (χ4n) is 1.89. The number of benzene rings is 1. The zero-order valence-corrected chi connectivity index (χ0v) is 9.82. The topological polar surface area (TPSA) is 56.0 Å². The molecule has 4 nitrogen and oxygen atoms in total. The zero-order valence-electron chi connectivity index (χ0n) is 9.01. The molecule has 0 amide bonds. The van der Waals surface area contributed by atoms with E-state index in [1.165, 1.54) is 11.3 Å². The van der Waals surface area contributed by atoms with Crippen molar-refractivity contribution >= 4 is 37.3 Å². The van der Waals surface area contributed by atoms with E-state index in [2.05, 4.69) is 4.98 Å². The quantitative estimate of drug-likeness (QED) is 0.484. The molecule has 0 N–H and O–H groups in total. The molecule has 0 aliphatic heterocycles. The molecule has 0 bridgehead atoms. The van der Waals surface area contributed by atoms with Crippen LogP contribution >= 0.6 is 11.3 Å². The van der Waals surface area contributed by atoms with E-state index in [0.717, 1.165) is 26.6 Å². The van der Waals surface area contributed by atoms with Crippen molar-refractivity contribution < 1.29 is 4.92 Å². The molecule has 0 atom stereocenters. The summed E-state index contributed by atoms with van der Waals surface area (Å²) in [6, 6.07) is 7.42. The number of thiophene rings is 1. The highest BCUT2D eigenvalue weighted by Crippen LogP contribution is 2.34. The maximum atomic E-state index is 10.7. The first-order chi connectivity index (χ1) is 8.15. The Morgan fingerprint density at radius 1 is 1.35 bits per heavy atom. The average molecular weight is 244 g/mol. The third-order valence-corrected chi connectivity index (χ3v) is 3.81. The van der Waals surface area contributed by atoms with Crippen LogP contribution < -0.4 is 0 Å². The zero-order chi connectivity index (χ0) is 12.0. The van der Waals surface area contributed by atoms with Crippen LogP contribution in [0.1, 0.15) is 5.56 Å². The Morgan fingerprint density at radius 2 is 2.18 bits per heavy atom. The molecule has 84 valence electrons. The molecule has 2 aromatic heterocycles. The first kappa shape index (κ1) is 10.2. The largest absolute Gasteiger partial charge is 0.325 e. The standard InChI is InChI=1S/C12H8N2O2S/c1-7-2-3-13-10-4-8-5-12(14(15)16)17-11(8)6-9(7)10/h2-6H,1H3. The Balaban J connectivity index is 2.40. The van der Waals surface area contributed by atoms with Gasteiger partial charge in [0, 0.05) is 27.7 Å². The van der Waals surface area contributed by atoms with Crippen molar-refractivity contribution in [2.24, 2.45) is 0 Å². The number of fused-ring (bicyclic) bond motifs is 2. The highest BCUT2D eigenvalue weighted by atomic mass is 32.1. The molecule has 0 radical (unpaired) electrons. The van der Waals surface area contributed by atoms with Gasteiger partial charge >= 0.3 is 5.00 Å². The van der Waals surface area contributed by atoms with Gasteiger partial charge in [-0.2, -0.15) is 0 Å². The van der Waals surface area contributed by atoms with E-state index in [4.69, 9.17) is 0 Å². The van der Waals surface area contributed by atoms with Gasteiger partial charge in [-0.25, -0.2) is 0 Å². The summed E-state index contributed by atoms with van der Waals surface area (Å²) in [7, 11) is 0. The van der Waals surface area contributed by atoms with Crippen LogP contribution in [0.15, 0.2) is 30.5 Å². The summed E-state index contributed by atoms with van der Waals surface area (Å²) in [5, 5.41) is 12.8. The molecule has 5 heteroatoms. The summed E-state index contributed by atoms with van der Waals surface area (Å²) >= 11 is 1.20. The van der Waals surface area contributed by atoms with E-state index in [1.54, 1.807) is 12.3 Å². The Labute approximate surface area is 101 Å². The molecule has 0 unspecified atom stereocenters. The number of aromatic nitrogens is 1. The van der Waals surface area contributed by atoms with Crippen LogP contribution in [0, 0.1) is 17.0 Å². The van der Waals surface area contributed by atoms with Crippen molar-refractivity contribution in [2.45, 2.75) is 6.92 Å². The van der Waals surface area contributed by atoms with Crippen molar-refractivity contribution in [3.05, 3.63) is 46.1 Å². The molecule has 3 aromatic rings. The highest BCUT2D eigenvalue weighted by Gasteiger charge is 2.12. The smallest absolute Gasteiger partial charge is 0.258 e. The monoisotopic (exact) mass is 244 g/mol. The number of aryl methyl sites for hydroxylation is 1. The van der Waals surface area contributed by atoms with Gasteiger partial charge in [0.15, 0.2) is 0 Å². The van der Waals surface area contributed by atoms with Crippen LogP contribution in [0.3, 0.4) is 0 Å². The number of hydrogen-bond acceptors (Lipinski definition) is 4. The summed E-state index contributed by atoms with van der Waals surface area (Å²) in [6.07, 6.45) is 1.75. The van der Waals surface area contributed by atoms with Gasteiger partial charge in [-0.15, -0.1) is 0 Å². The Hall–Kier alpha value is -2.01. The molecule has 0 aliphatic carbocycles.